The van der Waals surface area contributed by atoms with Crippen molar-refractivity contribution in [3.05, 3.63) is 33.7 Å². The van der Waals surface area contributed by atoms with Crippen LogP contribution in [0.1, 0.15) is 6.92 Å². The van der Waals surface area contributed by atoms with Crippen LogP contribution < -0.4 is 0 Å². The number of aldehydes is 1. The van der Waals surface area contributed by atoms with E-state index in [-0.39, 0.29) is 5.92 Å². The van der Waals surface area contributed by atoms with Gasteiger partial charge in [0.1, 0.15) is 0 Å². The number of carbonyl (C=O) groups is 1. The molecule has 2 aliphatic rings. The summed E-state index contributed by atoms with van der Waals surface area (Å²) in [4.78, 5) is 11.4. The third kappa shape index (κ3) is 1.38. The number of halogens is 1. The lowest BCUT2D eigenvalue weighted by atomic mass is 9.92. The lowest BCUT2D eigenvalue weighted by Crippen LogP contribution is -2.14. The Hall–Kier alpha value is -0.470. The van der Waals surface area contributed by atoms with Crippen molar-refractivity contribution in [2.24, 2.45) is 5.92 Å². The average Bonchev–Trinajstić information content (AvgIpc) is 2.44. The molecule has 0 saturated heterocycles. The normalized spacial score (nSPS) is 31.7. The number of carbonyl (C=O) groups excluding carboxylic acids is 1. The first-order valence-electron chi connectivity index (χ1n) is 4.10. The van der Waals surface area contributed by atoms with E-state index in [1.807, 2.05) is 6.08 Å². The van der Waals surface area contributed by atoms with Crippen molar-refractivity contribution in [3.63, 3.8) is 0 Å². The van der Waals surface area contributed by atoms with Gasteiger partial charge < -0.3 is 0 Å². The van der Waals surface area contributed by atoms with E-state index in [2.05, 4.69) is 19.1 Å². The first kappa shape index (κ1) is 9.10. The van der Waals surface area contributed by atoms with Gasteiger partial charge >= 0.3 is 0 Å². The highest BCUT2D eigenvalue weighted by Gasteiger charge is 2.35. The van der Waals surface area contributed by atoms with Gasteiger partial charge in [0.2, 0.25) is 0 Å². The van der Waals surface area contributed by atoms with Crippen LogP contribution in [0.15, 0.2) is 33.7 Å². The first-order valence-corrected chi connectivity index (χ1v) is 5.36. The van der Waals surface area contributed by atoms with Gasteiger partial charge in [0.15, 0.2) is 6.29 Å². The molecule has 1 aliphatic heterocycles. The lowest BCUT2D eigenvalue weighted by Gasteiger charge is -2.20. The standard InChI is InChI=1S/C10H9ClOS/c1-6-3-2-4-7-9(6)10(11)8(5-12)13-7/h2-5,7,9H,1H3/t7-,9-/m1/s1. The van der Waals surface area contributed by atoms with E-state index in [1.54, 1.807) is 11.8 Å². The molecule has 0 N–H and O–H groups in total. The minimum Gasteiger partial charge on any atom is -0.297 e. The van der Waals surface area contributed by atoms with Crippen LogP contribution in [0.25, 0.3) is 0 Å². The maximum atomic E-state index is 10.7. The van der Waals surface area contributed by atoms with Gasteiger partial charge in [-0.05, 0) is 6.92 Å². The van der Waals surface area contributed by atoms with Crippen LogP contribution >= 0.6 is 23.4 Å². The molecule has 68 valence electrons. The SMILES string of the molecule is CC1=CC=C[C@H]2SC(C=O)=C(Cl)[C@H]12. The van der Waals surface area contributed by atoms with Crippen LogP contribution in [-0.4, -0.2) is 11.5 Å². The van der Waals surface area contributed by atoms with Crippen LogP contribution in [0.4, 0.5) is 0 Å². The summed E-state index contributed by atoms with van der Waals surface area (Å²) >= 11 is 7.66. The van der Waals surface area contributed by atoms with E-state index >= 15 is 0 Å². The van der Waals surface area contributed by atoms with E-state index in [1.165, 1.54) is 5.57 Å². The Bertz CT molecular complexity index is 341. The Morgan fingerprint density at radius 2 is 2.38 bits per heavy atom. The number of hydrogen-bond acceptors (Lipinski definition) is 2. The largest absolute Gasteiger partial charge is 0.297 e. The molecule has 13 heavy (non-hydrogen) atoms. The summed E-state index contributed by atoms with van der Waals surface area (Å²) in [6, 6.07) is 0. The predicted molar refractivity (Wildman–Crippen MR) is 56.7 cm³/mol. The molecule has 0 aromatic carbocycles. The molecule has 2 rings (SSSR count). The second kappa shape index (κ2) is 3.35. The molecule has 1 heterocycles. The molecule has 0 spiro atoms. The average molecular weight is 213 g/mol. The van der Waals surface area contributed by atoms with Crippen molar-refractivity contribution >= 4 is 29.6 Å². The molecule has 0 radical (unpaired) electrons. The molecule has 1 aliphatic carbocycles. The van der Waals surface area contributed by atoms with E-state index in [9.17, 15) is 4.79 Å². The van der Waals surface area contributed by atoms with Crippen LogP contribution in [0.5, 0.6) is 0 Å². The van der Waals surface area contributed by atoms with Gasteiger partial charge in [-0.1, -0.05) is 35.4 Å². The van der Waals surface area contributed by atoms with Gasteiger partial charge in [-0.25, -0.2) is 0 Å². The van der Waals surface area contributed by atoms with Crippen molar-refractivity contribution < 1.29 is 4.79 Å². The summed E-state index contributed by atoms with van der Waals surface area (Å²) in [7, 11) is 0. The fourth-order valence-corrected chi connectivity index (χ4v) is 3.49. The molecule has 2 atom stereocenters. The molecule has 0 aromatic heterocycles. The summed E-state index contributed by atoms with van der Waals surface area (Å²) in [5.41, 5.74) is 1.24. The van der Waals surface area contributed by atoms with Gasteiger partial charge in [0.25, 0.3) is 0 Å². The number of fused-ring (bicyclic) bond motifs is 1. The Kier molecular flexibility index (Phi) is 2.35. The second-order valence-corrected chi connectivity index (χ2v) is 4.81. The van der Waals surface area contributed by atoms with Crippen molar-refractivity contribution in [1.29, 1.82) is 0 Å². The van der Waals surface area contributed by atoms with Crippen LogP contribution in [0.3, 0.4) is 0 Å². The lowest BCUT2D eigenvalue weighted by molar-refractivity contribution is -0.104. The van der Waals surface area contributed by atoms with E-state index in [0.717, 1.165) is 6.29 Å². The summed E-state index contributed by atoms with van der Waals surface area (Å²) < 4.78 is 0. The minimum atomic E-state index is 0.233. The van der Waals surface area contributed by atoms with Gasteiger partial charge in [0.05, 0.1) is 4.91 Å². The molecule has 0 bridgehead atoms. The highest BCUT2D eigenvalue weighted by Crippen LogP contribution is 2.48. The third-order valence-electron chi connectivity index (χ3n) is 2.36. The number of allylic oxidation sites excluding steroid dienone is 5. The molecule has 0 aromatic rings. The van der Waals surface area contributed by atoms with E-state index in [4.69, 9.17) is 11.6 Å². The molecule has 0 saturated carbocycles. The second-order valence-electron chi connectivity index (χ2n) is 3.19. The Morgan fingerprint density at radius 1 is 1.62 bits per heavy atom. The predicted octanol–water partition coefficient (Wildman–Crippen LogP) is 2.88. The minimum absolute atomic E-state index is 0.233. The van der Waals surface area contributed by atoms with E-state index in [0.29, 0.717) is 15.2 Å². The highest BCUT2D eigenvalue weighted by atomic mass is 35.5. The summed E-state index contributed by atoms with van der Waals surface area (Å²) in [6.07, 6.45) is 7.03. The topological polar surface area (TPSA) is 17.1 Å². The Labute approximate surface area is 86.5 Å². The molecule has 3 heteroatoms. The van der Waals surface area contributed by atoms with Crippen molar-refractivity contribution in [2.75, 3.05) is 0 Å². The zero-order valence-electron chi connectivity index (χ0n) is 7.16. The van der Waals surface area contributed by atoms with Gasteiger partial charge in [-0.2, -0.15) is 0 Å². The number of thioether (sulfide) groups is 1. The number of hydrogen-bond donors (Lipinski definition) is 0. The summed E-state index contributed by atoms with van der Waals surface area (Å²) in [6.45, 7) is 2.05. The van der Waals surface area contributed by atoms with E-state index < -0.39 is 0 Å². The molecule has 1 nitrogen and oxygen atoms in total. The maximum absolute atomic E-state index is 10.7. The fraction of sp³-hybridized carbons (Fsp3) is 0.300. The van der Waals surface area contributed by atoms with Gasteiger partial charge in [0, 0.05) is 16.2 Å². The van der Waals surface area contributed by atoms with Gasteiger partial charge in [-0.15, -0.1) is 11.8 Å². The molecule has 0 amide bonds. The zero-order chi connectivity index (χ0) is 9.42. The molecular formula is C10H9ClOS. The first-order chi connectivity index (χ1) is 6.24. The zero-order valence-corrected chi connectivity index (χ0v) is 8.73. The smallest absolute Gasteiger partial charge is 0.157 e. The van der Waals surface area contributed by atoms with Crippen molar-refractivity contribution in [2.45, 2.75) is 12.2 Å². The van der Waals surface area contributed by atoms with Gasteiger partial charge in [-0.3, -0.25) is 4.79 Å². The van der Waals surface area contributed by atoms with Crippen LogP contribution in [0.2, 0.25) is 0 Å². The van der Waals surface area contributed by atoms with Crippen molar-refractivity contribution in [3.8, 4) is 0 Å². The quantitative estimate of drug-likeness (QED) is 0.622. The highest BCUT2D eigenvalue weighted by molar-refractivity contribution is 8.05. The monoisotopic (exact) mass is 212 g/mol. The maximum Gasteiger partial charge on any atom is 0.157 e. The van der Waals surface area contributed by atoms with Crippen molar-refractivity contribution in [1.82, 2.24) is 0 Å². The third-order valence-corrected chi connectivity index (χ3v) is 4.18. The Morgan fingerprint density at radius 3 is 3.00 bits per heavy atom. The Balaban J connectivity index is 2.39. The molecular weight excluding hydrogens is 204 g/mol. The molecule has 0 unspecified atom stereocenters. The summed E-state index contributed by atoms with van der Waals surface area (Å²) in [5, 5.41) is 1.04. The fourth-order valence-electron chi connectivity index (χ4n) is 1.68. The summed E-state index contributed by atoms with van der Waals surface area (Å²) in [5.74, 6) is 0.233. The molecule has 0 fully saturated rings. The number of rotatable bonds is 1. The van der Waals surface area contributed by atoms with Crippen LogP contribution in [0, 0.1) is 5.92 Å². The van der Waals surface area contributed by atoms with Crippen LogP contribution in [-0.2, 0) is 4.79 Å².